The van der Waals surface area contributed by atoms with Crippen molar-refractivity contribution in [2.45, 2.75) is 72.0 Å². The van der Waals surface area contributed by atoms with Crippen molar-refractivity contribution >= 4 is 22.7 Å². The predicted octanol–water partition coefficient (Wildman–Crippen LogP) is 4.33. The van der Waals surface area contributed by atoms with E-state index in [0.29, 0.717) is 17.8 Å². The molecular formula is C27H41N5O2. The first-order valence-corrected chi connectivity index (χ1v) is 12.8. The molecule has 7 heteroatoms. The van der Waals surface area contributed by atoms with Gasteiger partial charge in [-0.25, -0.2) is 14.8 Å². The van der Waals surface area contributed by atoms with Gasteiger partial charge in [0.2, 0.25) is 0 Å². The van der Waals surface area contributed by atoms with Crippen LogP contribution in [0.15, 0.2) is 24.3 Å². The number of ether oxygens (including phenoxy) is 1. The van der Waals surface area contributed by atoms with E-state index in [1.807, 2.05) is 38.1 Å². The molecule has 1 aliphatic heterocycles. The molecule has 0 radical (unpaired) electrons. The Hall–Kier alpha value is -2.25. The van der Waals surface area contributed by atoms with Crippen molar-refractivity contribution in [2.24, 2.45) is 11.3 Å². The summed E-state index contributed by atoms with van der Waals surface area (Å²) in [5.74, 6) is 1.29. The summed E-state index contributed by atoms with van der Waals surface area (Å²) in [6.45, 7) is 13.9. The van der Waals surface area contributed by atoms with E-state index in [1.165, 1.54) is 32.8 Å². The number of anilines is 1. The van der Waals surface area contributed by atoms with Crippen LogP contribution in [0.4, 0.5) is 5.82 Å². The molecule has 1 unspecified atom stereocenters. The van der Waals surface area contributed by atoms with Crippen LogP contribution in [0.3, 0.4) is 0 Å². The molecule has 186 valence electrons. The number of nitrogens with zero attached hydrogens (tertiary/aromatic N) is 4. The number of methoxy groups -OCH3 is 1. The van der Waals surface area contributed by atoms with Crippen LogP contribution in [0.1, 0.15) is 59.2 Å². The van der Waals surface area contributed by atoms with Gasteiger partial charge in [0.1, 0.15) is 17.7 Å². The zero-order chi connectivity index (χ0) is 24.3. The molecule has 0 amide bonds. The Morgan fingerprint density at radius 2 is 1.91 bits per heavy atom. The number of piperazine rings is 1. The largest absolute Gasteiger partial charge is 0.467 e. The minimum absolute atomic E-state index is 0.0717. The standard InChI is InChI=1S/C27H41N5O2/c1-19(2)24(26(33)34-5)30-25-21-10-6-7-11-22(21)28-23(29-25)18-31-13-15-32(16-14-31)20-9-8-12-27(3,4)17-20/h6-7,10-11,19-20,24H,8-9,12-18H2,1-5H3,(H,28,29,30)/t20?,24-/m0/s1. The van der Waals surface area contributed by atoms with Gasteiger partial charge >= 0.3 is 5.97 Å². The third kappa shape index (κ3) is 5.87. The quantitative estimate of drug-likeness (QED) is 0.608. The number of para-hydroxylation sites is 1. The monoisotopic (exact) mass is 467 g/mol. The summed E-state index contributed by atoms with van der Waals surface area (Å²) >= 11 is 0. The van der Waals surface area contributed by atoms with Crippen molar-refractivity contribution in [1.82, 2.24) is 19.8 Å². The highest BCUT2D eigenvalue weighted by Gasteiger charge is 2.33. The number of hydrogen-bond donors (Lipinski definition) is 1. The van der Waals surface area contributed by atoms with Crippen LogP contribution in [0.25, 0.3) is 10.9 Å². The van der Waals surface area contributed by atoms with Crippen molar-refractivity contribution in [3.05, 3.63) is 30.1 Å². The summed E-state index contributed by atoms with van der Waals surface area (Å²) in [7, 11) is 1.43. The molecule has 1 saturated heterocycles. The summed E-state index contributed by atoms with van der Waals surface area (Å²) in [6.07, 6.45) is 5.35. The fraction of sp³-hybridized carbons (Fsp3) is 0.667. The summed E-state index contributed by atoms with van der Waals surface area (Å²) < 4.78 is 5.02. The fourth-order valence-electron chi connectivity index (χ4n) is 5.53. The highest BCUT2D eigenvalue weighted by molar-refractivity contribution is 5.91. The molecular weight excluding hydrogens is 426 g/mol. The summed E-state index contributed by atoms with van der Waals surface area (Å²) in [6, 6.07) is 8.25. The minimum Gasteiger partial charge on any atom is -0.467 e. The third-order valence-corrected chi connectivity index (χ3v) is 7.53. The molecule has 0 spiro atoms. The number of rotatable bonds is 7. The van der Waals surface area contributed by atoms with E-state index in [-0.39, 0.29) is 11.9 Å². The van der Waals surface area contributed by atoms with Gasteiger partial charge in [0.15, 0.2) is 0 Å². The lowest BCUT2D eigenvalue weighted by Gasteiger charge is -2.44. The molecule has 2 heterocycles. The Bertz CT molecular complexity index is 984. The van der Waals surface area contributed by atoms with E-state index in [2.05, 4.69) is 29.0 Å². The molecule has 2 aromatic rings. The maximum atomic E-state index is 12.4. The van der Waals surface area contributed by atoms with Crippen LogP contribution in [-0.4, -0.2) is 71.1 Å². The average molecular weight is 468 g/mol. The van der Waals surface area contributed by atoms with Gasteiger partial charge in [-0.3, -0.25) is 9.80 Å². The molecule has 1 N–H and O–H groups in total. The Morgan fingerprint density at radius 1 is 1.18 bits per heavy atom. The minimum atomic E-state index is -0.459. The van der Waals surface area contributed by atoms with Gasteiger partial charge in [0, 0.05) is 37.6 Å². The first kappa shape index (κ1) is 24.9. The Labute approximate surface area is 204 Å². The molecule has 2 fully saturated rings. The van der Waals surface area contributed by atoms with E-state index < -0.39 is 6.04 Å². The van der Waals surface area contributed by atoms with Gasteiger partial charge < -0.3 is 10.1 Å². The van der Waals surface area contributed by atoms with Gasteiger partial charge in [0.25, 0.3) is 0 Å². The van der Waals surface area contributed by atoms with Gasteiger partial charge in [-0.1, -0.05) is 46.2 Å². The van der Waals surface area contributed by atoms with Crippen LogP contribution in [-0.2, 0) is 16.1 Å². The van der Waals surface area contributed by atoms with Gasteiger partial charge in [-0.2, -0.15) is 0 Å². The number of benzene rings is 1. The molecule has 1 saturated carbocycles. The van der Waals surface area contributed by atoms with Crippen molar-refractivity contribution in [3.8, 4) is 0 Å². The van der Waals surface area contributed by atoms with Crippen molar-refractivity contribution in [2.75, 3.05) is 38.6 Å². The van der Waals surface area contributed by atoms with Crippen LogP contribution in [0.2, 0.25) is 0 Å². The summed E-state index contributed by atoms with van der Waals surface area (Å²) in [5, 5.41) is 4.28. The van der Waals surface area contributed by atoms with Gasteiger partial charge in [0.05, 0.1) is 19.2 Å². The Balaban J connectivity index is 1.46. The molecule has 1 aromatic carbocycles. The molecule has 4 rings (SSSR count). The van der Waals surface area contributed by atoms with E-state index >= 15 is 0 Å². The molecule has 2 aliphatic rings. The first-order valence-electron chi connectivity index (χ1n) is 12.8. The fourth-order valence-corrected chi connectivity index (χ4v) is 5.53. The van der Waals surface area contributed by atoms with E-state index in [0.717, 1.165) is 48.9 Å². The zero-order valence-corrected chi connectivity index (χ0v) is 21.5. The van der Waals surface area contributed by atoms with Crippen LogP contribution >= 0.6 is 0 Å². The SMILES string of the molecule is COC(=O)[C@@H](Nc1nc(CN2CCN(C3CCCC(C)(C)C3)CC2)nc2ccccc12)C(C)C. The van der Waals surface area contributed by atoms with Crippen LogP contribution in [0, 0.1) is 11.3 Å². The second kappa shape index (κ2) is 10.6. The van der Waals surface area contributed by atoms with E-state index in [4.69, 9.17) is 14.7 Å². The zero-order valence-electron chi connectivity index (χ0n) is 21.5. The molecule has 2 atom stereocenters. The molecule has 7 nitrogen and oxygen atoms in total. The number of aromatic nitrogens is 2. The number of carbonyl (C=O) groups excluding carboxylic acids is 1. The molecule has 34 heavy (non-hydrogen) atoms. The lowest BCUT2D eigenvalue weighted by molar-refractivity contribution is -0.142. The topological polar surface area (TPSA) is 70.6 Å². The number of hydrogen-bond acceptors (Lipinski definition) is 7. The predicted molar refractivity (Wildman–Crippen MR) is 137 cm³/mol. The third-order valence-electron chi connectivity index (χ3n) is 7.53. The smallest absolute Gasteiger partial charge is 0.328 e. The van der Waals surface area contributed by atoms with E-state index in [1.54, 1.807) is 0 Å². The highest BCUT2D eigenvalue weighted by Crippen LogP contribution is 2.37. The first-order chi connectivity index (χ1) is 16.3. The van der Waals surface area contributed by atoms with Gasteiger partial charge in [-0.05, 0) is 42.7 Å². The molecule has 1 aromatic heterocycles. The highest BCUT2D eigenvalue weighted by atomic mass is 16.5. The summed E-state index contributed by atoms with van der Waals surface area (Å²) in [5.41, 5.74) is 1.37. The number of carbonyl (C=O) groups is 1. The number of fused-ring (bicyclic) bond motifs is 1. The maximum absolute atomic E-state index is 12.4. The summed E-state index contributed by atoms with van der Waals surface area (Å²) in [4.78, 5) is 27.2. The number of nitrogens with one attached hydrogen (secondary N) is 1. The van der Waals surface area contributed by atoms with Crippen molar-refractivity contribution in [3.63, 3.8) is 0 Å². The lowest BCUT2D eigenvalue weighted by Crippen LogP contribution is -2.51. The van der Waals surface area contributed by atoms with Gasteiger partial charge in [-0.15, -0.1) is 0 Å². The molecule has 1 aliphatic carbocycles. The lowest BCUT2D eigenvalue weighted by atomic mass is 9.74. The Kier molecular flexibility index (Phi) is 7.73. The van der Waals surface area contributed by atoms with Crippen molar-refractivity contribution in [1.29, 1.82) is 0 Å². The molecule has 0 bridgehead atoms. The Morgan fingerprint density at radius 3 is 2.59 bits per heavy atom. The average Bonchev–Trinajstić information content (AvgIpc) is 2.81. The second-order valence-corrected chi connectivity index (χ2v) is 11.1. The number of esters is 1. The normalized spacial score (nSPS) is 22.6. The second-order valence-electron chi connectivity index (χ2n) is 11.1. The van der Waals surface area contributed by atoms with Crippen LogP contribution < -0.4 is 5.32 Å². The maximum Gasteiger partial charge on any atom is 0.328 e. The van der Waals surface area contributed by atoms with Crippen LogP contribution in [0.5, 0.6) is 0 Å². The van der Waals surface area contributed by atoms with Crippen molar-refractivity contribution < 1.29 is 9.53 Å². The van der Waals surface area contributed by atoms with E-state index in [9.17, 15) is 4.79 Å².